The van der Waals surface area contributed by atoms with Crippen molar-refractivity contribution in [2.45, 2.75) is 39.7 Å². The minimum Gasteiger partial charge on any atom is -0.357 e. The number of aliphatic imine (C=N–C) groups is 1. The van der Waals surface area contributed by atoms with Crippen molar-refractivity contribution in [2.24, 2.45) is 4.99 Å². The number of hydrogen-bond donors (Lipinski definition) is 2. The first-order valence-corrected chi connectivity index (χ1v) is 8.78. The minimum atomic E-state index is -2.90. The second-order valence-corrected chi connectivity index (χ2v) is 6.84. The van der Waals surface area contributed by atoms with Crippen molar-refractivity contribution < 1.29 is 8.42 Å². The zero-order valence-corrected chi connectivity index (χ0v) is 13.3. The topological polar surface area (TPSA) is 70.6 Å². The summed E-state index contributed by atoms with van der Waals surface area (Å²) in [7, 11) is -2.90. The summed E-state index contributed by atoms with van der Waals surface area (Å²) in [4.78, 5) is 4.43. The molecule has 0 amide bonds. The highest BCUT2D eigenvalue weighted by atomic mass is 32.2. The summed E-state index contributed by atoms with van der Waals surface area (Å²) in [5.74, 6) is 0.937. The van der Waals surface area contributed by atoms with E-state index in [4.69, 9.17) is 0 Å². The second kappa shape index (κ2) is 9.83. The Bertz CT molecular complexity index is 389. The van der Waals surface area contributed by atoms with E-state index in [2.05, 4.69) is 21.7 Å². The molecule has 0 aliphatic carbocycles. The molecule has 0 fully saturated rings. The smallest absolute Gasteiger partial charge is 0.191 e. The predicted molar refractivity (Wildman–Crippen MR) is 82.3 cm³/mol. The fraction of sp³-hybridized carbons (Fsp3) is 0.769. The van der Waals surface area contributed by atoms with Gasteiger partial charge in [0.15, 0.2) is 5.96 Å². The number of guanidine groups is 1. The molecule has 19 heavy (non-hydrogen) atoms. The molecule has 0 bridgehead atoms. The van der Waals surface area contributed by atoms with Gasteiger partial charge in [-0.2, -0.15) is 0 Å². The fourth-order valence-electron chi connectivity index (χ4n) is 1.43. The quantitative estimate of drug-likeness (QED) is 0.306. The van der Waals surface area contributed by atoms with Crippen molar-refractivity contribution >= 4 is 15.8 Å². The van der Waals surface area contributed by atoms with Crippen molar-refractivity contribution in [1.82, 2.24) is 10.6 Å². The Labute approximate surface area is 117 Å². The van der Waals surface area contributed by atoms with Gasteiger partial charge in [0.1, 0.15) is 9.84 Å². The molecule has 0 rings (SSSR count). The van der Waals surface area contributed by atoms with Crippen LogP contribution >= 0.6 is 0 Å². The van der Waals surface area contributed by atoms with Gasteiger partial charge in [-0.3, -0.25) is 4.99 Å². The van der Waals surface area contributed by atoms with Gasteiger partial charge in [0.05, 0.1) is 5.75 Å². The number of nitrogens with zero attached hydrogens (tertiary/aromatic N) is 1. The van der Waals surface area contributed by atoms with E-state index in [0.29, 0.717) is 6.42 Å². The van der Waals surface area contributed by atoms with E-state index in [1.165, 1.54) is 6.26 Å². The largest absolute Gasteiger partial charge is 0.357 e. The van der Waals surface area contributed by atoms with Crippen molar-refractivity contribution in [3.8, 4) is 0 Å². The highest BCUT2D eigenvalue weighted by Gasteiger charge is 2.09. The molecule has 1 atom stereocenters. The molecule has 0 heterocycles. The summed E-state index contributed by atoms with van der Waals surface area (Å²) >= 11 is 0. The summed E-state index contributed by atoms with van der Waals surface area (Å²) in [6.07, 6.45) is 6.82. The Balaban J connectivity index is 4.24. The number of rotatable bonds is 8. The zero-order chi connectivity index (χ0) is 14.7. The van der Waals surface area contributed by atoms with Crippen molar-refractivity contribution in [3.63, 3.8) is 0 Å². The summed E-state index contributed by atoms with van der Waals surface area (Å²) in [6, 6.07) is 0.0780. The van der Waals surface area contributed by atoms with Gasteiger partial charge in [0, 0.05) is 25.4 Å². The van der Waals surface area contributed by atoms with E-state index in [9.17, 15) is 8.42 Å². The fourth-order valence-corrected chi connectivity index (χ4v) is 2.22. The lowest BCUT2D eigenvalue weighted by Crippen LogP contribution is -2.42. The molecule has 0 aliphatic heterocycles. The van der Waals surface area contributed by atoms with Gasteiger partial charge in [-0.15, -0.1) is 0 Å². The van der Waals surface area contributed by atoms with Gasteiger partial charge < -0.3 is 10.6 Å². The molecule has 112 valence electrons. The van der Waals surface area contributed by atoms with Crippen molar-refractivity contribution in [3.05, 3.63) is 12.2 Å². The van der Waals surface area contributed by atoms with E-state index < -0.39 is 9.84 Å². The first-order chi connectivity index (χ1) is 8.89. The van der Waals surface area contributed by atoms with Gasteiger partial charge in [-0.25, -0.2) is 8.42 Å². The highest BCUT2D eigenvalue weighted by molar-refractivity contribution is 7.90. The molecule has 5 nitrogen and oxygen atoms in total. The Morgan fingerprint density at radius 2 is 2.11 bits per heavy atom. The maximum atomic E-state index is 11.1. The normalized spacial score (nSPS) is 14.6. The lowest BCUT2D eigenvalue weighted by Gasteiger charge is -2.17. The van der Waals surface area contributed by atoms with Gasteiger partial charge in [0.2, 0.25) is 0 Å². The number of nitrogens with one attached hydrogen (secondary N) is 2. The van der Waals surface area contributed by atoms with Crippen LogP contribution in [0.25, 0.3) is 0 Å². The minimum absolute atomic E-state index is 0.0780. The summed E-state index contributed by atoms with van der Waals surface area (Å²) in [5.41, 5.74) is 0. The highest BCUT2D eigenvalue weighted by Crippen LogP contribution is 1.95. The molecule has 0 saturated carbocycles. The molecule has 0 aromatic rings. The monoisotopic (exact) mass is 289 g/mol. The average Bonchev–Trinajstić information content (AvgIpc) is 2.31. The molecule has 0 radical (unpaired) electrons. The third-order valence-corrected chi connectivity index (χ3v) is 3.43. The number of hydrogen-bond acceptors (Lipinski definition) is 3. The lowest BCUT2D eigenvalue weighted by molar-refractivity contribution is 0.581. The molecule has 0 saturated heterocycles. The van der Waals surface area contributed by atoms with E-state index in [1.807, 2.05) is 26.8 Å². The van der Waals surface area contributed by atoms with E-state index in [0.717, 1.165) is 25.5 Å². The Morgan fingerprint density at radius 3 is 2.63 bits per heavy atom. The van der Waals surface area contributed by atoms with Crippen LogP contribution in [0.1, 0.15) is 33.6 Å². The molecular weight excluding hydrogens is 262 g/mol. The predicted octanol–water partition coefficient (Wildman–Crippen LogP) is 1.33. The first kappa shape index (κ1) is 18.0. The van der Waals surface area contributed by atoms with Crippen LogP contribution in [0.5, 0.6) is 0 Å². The van der Waals surface area contributed by atoms with Crippen molar-refractivity contribution in [2.75, 3.05) is 25.1 Å². The number of allylic oxidation sites excluding steroid dienone is 1. The van der Waals surface area contributed by atoms with Crippen LogP contribution in [0.3, 0.4) is 0 Å². The van der Waals surface area contributed by atoms with Crippen LogP contribution in [-0.2, 0) is 9.84 Å². The van der Waals surface area contributed by atoms with Crippen molar-refractivity contribution in [1.29, 1.82) is 0 Å². The Kier molecular flexibility index (Phi) is 9.30. The standard InChI is InChI=1S/C13H27N3O2S/c1-5-7-8-10-15-13(14-6-2)16-12(3)9-11-19(4,17)18/h5,7,12H,6,8-11H2,1-4H3,(H2,14,15,16)/b7-5+. The van der Waals surface area contributed by atoms with E-state index >= 15 is 0 Å². The molecule has 0 aromatic heterocycles. The van der Waals surface area contributed by atoms with Crippen LogP contribution in [0.15, 0.2) is 17.1 Å². The van der Waals surface area contributed by atoms with Gasteiger partial charge in [-0.1, -0.05) is 12.2 Å². The third kappa shape index (κ3) is 11.8. The van der Waals surface area contributed by atoms with Crippen LogP contribution in [0.2, 0.25) is 0 Å². The van der Waals surface area contributed by atoms with Crippen LogP contribution < -0.4 is 10.6 Å². The van der Waals surface area contributed by atoms with Gasteiger partial charge in [-0.05, 0) is 33.6 Å². The van der Waals surface area contributed by atoms with Gasteiger partial charge >= 0.3 is 0 Å². The van der Waals surface area contributed by atoms with Crippen LogP contribution in [-0.4, -0.2) is 45.5 Å². The first-order valence-electron chi connectivity index (χ1n) is 6.72. The SMILES string of the molecule is C/C=C/CCN=C(NCC)NC(C)CCS(C)(=O)=O. The molecule has 2 N–H and O–H groups in total. The Hall–Kier alpha value is -1.04. The third-order valence-electron chi connectivity index (χ3n) is 2.45. The molecule has 6 heteroatoms. The summed E-state index contributed by atoms with van der Waals surface area (Å²) in [6.45, 7) is 7.46. The van der Waals surface area contributed by atoms with E-state index in [1.54, 1.807) is 0 Å². The zero-order valence-electron chi connectivity index (χ0n) is 12.4. The molecule has 0 aliphatic rings. The Morgan fingerprint density at radius 1 is 1.42 bits per heavy atom. The number of sulfone groups is 1. The molecular formula is C13H27N3O2S. The maximum absolute atomic E-state index is 11.1. The average molecular weight is 289 g/mol. The second-order valence-electron chi connectivity index (χ2n) is 4.58. The molecule has 0 aromatic carbocycles. The molecule has 1 unspecified atom stereocenters. The molecule has 0 spiro atoms. The van der Waals surface area contributed by atoms with E-state index in [-0.39, 0.29) is 11.8 Å². The van der Waals surface area contributed by atoms with Crippen LogP contribution in [0, 0.1) is 0 Å². The summed E-state index contributed by atoms with van der Waals surface area (Å²) in [5, 5.41) is 6.37. The van der Waals surface area contributed by atoms with Crippen LogP contribution in [0.4, 0.5) is 0 Å². The summed E-state index contributed by atoms with van der Waals surface area (Å²) < 4.78 is 22.2. The lowest BCUT2D eigenvalue weighted by atomic mass is 10.3. The van der Waals surface area contributed by atoms with Gasteiger partial charge in [0.25, 0.3) is 0 Å². The maximum Gasteiger partial charge on any atom is 0.191 e.